The van der Waals surface area contributed by atoms with Crippen molar-refractivity contribution in [2.75, 3.05) is 0 Å². The highest BCUT2D eigenvalue weighted by atomic mass is 35.5. The van der Waals surface area contributed by atoms with Gasteiger partial charge in [0.2, 0.25) is 0 Å². The lowest BCUT2D eigenvalue weighted by Gasteiger charge is -2.04. The molecule has 0 aliphatic rings. The minimum absolute atomic E-state index is 0.273. The van der Waals surface area contributed by atoms with Crippen LogP contribution in [-0.2, 0) is 9.84 Å². The van der Waals surface area contributed by atoms with Crippen LogP contribution in [0.15, 0.2) is 29.7 Å². The molecule has 0 amide bonds. The predicted octanol–water partition coefficient (Wildman–Crippen LogP) is 3.02. The lowest BCUT2D eigenvalue weighted by molar-refractivity contribution is 0.511. The van der Waals surface area contributed by atoms with Gasteiger partial charge in [0.05, 0.1) is 10.7 Å². The topological polar surface area (TPSA) is 54.4 Å². The highest BCUT2D eigenvalue weighted by molar-refractivity contribution is 7.95. The minimum atomic E-state index is -3.40. The van der Waals surface area contributed by atoms with Gasteiger partial charge < -0.3 is 5.11 Å². The van der Waals surface area contributed by atoms with Crippen LogP contribution >= 0.6 is 11.6 Å². The summed E-state index contributed by atoms with van der Waals surface area (Å²) in [4.78, 5) is 0. The van der Waals surface area contributed by atoms with E-state index in [0.29, 0.717) is 10.6 Å². The molecule has 1 aromatic rings. The Morgan fingerprint density at radius 3 is 2.25 bits per heavy atom. The van der Waals surface area contributed by atoms with Gasteiger partial charge in [0.25, 0.3) is 0 Å². The van der Waals surface area contributed by atoms with Gasteiger partial charge in [0.1, 0.15) is 5.76 Å². The molecule has 0 unspecified atom stereocenters. The summed E-state index contributed by atoms with van der Waals surface area (Å²) in [5.41, 5.74) is 0.425. The number of sulfone groups is 1. The molecule has 1 rings (SSSR count). The third kappa shape index (κ3) is 3.25. The molecule has 5 heteroatoms. The normalized spacial score (nSPS) is 13.1. The number of hydrogen-bond acceptors (Lipinski definition) is 3. The van der Waals surface area contributed by atoms with E-state index >= 15 is 0 Å². The highest BCUT2D eigenvalue weighted by Gasteiger charge is 2.14. The van der Waals surface area contributed by atoms with Crippen LogP contribution in [0.5, 0.6) is 0 Å². The molecular formula is C11H13ClO3S. The third-order valence-corrected chi connectivity index (χ3v) is 4.19. The van der Waals surface area contributed by atoms with E-state index < -0.39 is 15.1 Å². The van der Waals surface area contributed by atoms with Crippen molar-refractivity contribution in [2.45, 2.75) is 19.1 Å². The Hall–Kier alpha value is -1.00. The fourth-order valence-electron chi connectivity index (χ4n) is 0.980. The van der Waals surface area contributed by atoms with Crippen molar-refractivity contribution in [3.8, 4) is 0 Å². The zero-order chi connectivity index (χ0) is 12.3. The molecule has 0 radical (unpaired) electrons. The molecule has 0 aliphatic carbocycles. The number of aliphatic hydroxyl groups excluding tert-OH is 1. The first-order valence-corrected chi connectivity index (χ1v) is 6.72. The van der Waals surface area contributed by atoms with Crippen LogP contribution in [0.2, 0.25) is 5.02 Å². The number of benzene rings is 1. The summed E-state index contributed by atoms with van der Waals surface area (Å²) in [6.45, 7) is 3.11. The van der Waals surface area contributed by atoms with Crippen LogP contribution in [0.4, 0.5) is 0 Å². The quantitative estimate of drug-likeness (QED) is 0.850. The van der Waals surface area contributed by atoms with Gasteiger partial charge in [0, 0.05) is 10.6 Å². The monoisotopic (exact) mass is 260 g/mol. The van der Waals surface area contributed by atoms with Crippen molar-refractivity contribution < 1.29 is 13.5 Å². The van der Waals surface area contributed by atoms with Gasteiger partial charge in [0.15, 0.2) is 9.84 Å². The Kier molecular flexibility index (Phi) is 3.99. The number of rotatable bonds is 3. The Balaban J connectivity index is 3.07. The largest absolute Gasteiger partial charge is 0.507 e. The van der Waals surface area contributed by atoms with E-state index in [1.807, 2.05) is 0 Å². The SMILES string of the molecule is CC(C)S(=O)(=O)/C=C(\O)c1ccc(Cl)cc1. The van der Waals surface area contributed by atoms with E-state index in [1.165, 1.54) is 0 Å². The van der Waals surface area contributed by atoms with Gasteiger partial charge in [-0.05, 0) is 38.1 Å². The van der Waals surface area contributed by atoms with Crippen molar-refractivity contribution >= 4 is 27.2 Å². The minimum Gasteiger partial charge on any atom is -0.507 e. The number of hydrogen-bond donors (Lipinski definition) is 1. The maximum Gasteiger partial charge on any atom is 0.177 e. The van der Waals surface area contributed by atoms with Crippen LogP contribution in [0.25, 0.3) is 5.76 Å². The van der Waals surface area contributed by atoms with Crippen LogP contribution in [-0.4, -0.2) is 18.8 Å². The summed E-state index contributed by atoms with van der Waals surface area (Å²) < 4.78 is 23.0. The maximum absolute atomic E-state index is 11.5. The molecule has 16 heavy (non-hydrogen) atoms. The zero-order valence-corrected chi connectivity index (χ0v) is 10.6. The molecule has 1 aromatic carbocycles. The molecule has 0 saturated heterocycles. The molecule has 0 fully saturated rings. The molecule has 0 saturated carbocycles. The van der Waals surface area contributed by atoms with Crippen molar-refractivity contribution in [2.24, 2.45) is 0 Å². The van der Waals surface area contributed by atoms with Crippen LogP contribution < -0.4 is 0 Å². The van der Waals surface area contributed by atoms with Gasteiger partial charge in [-0.3, -0.25) is 0 Å². The first kappa shape index (κ1) is 13.1. The standard InChI is InChI=1S/C11H13ClO3S/c1-8(2)16(14,15)7-11(13)9-3-5-10(12)6-4-9/h3-8,13H,1-2H3/b11-7-. The fourth-order valence-corrected chi connectivity index (χ4v) is 1.83. The van der Waals surface area contributed by atoms with Crippen molar-refractivity contribution in [3.05, 3.63) is 40.3 Å². The maximum atomic E-state index is 11.5. The van der Waals surface area contributed by atoms with E-state index in [9.17, 15) is 13.5 Å². The van der Waals surface area contributed by atoms with E-state index in [4.69, 9.17) is 11.6 Å². The first-order valence-electron chi connectivity index (χ1n) is 4.73. The second kappa shape index (κ2) is 4.89. The molecule has 0 aliphatic heterocycles. The van der Waals surface area contributed by atoms with Crippen molar-refractivity contribution in [1.29, 1.82) is 0 Å². The van der Waals surface area contributed by atoms with Gasteiger partial charge in [-0.1, -0.05) is 11.6 Å². The summed E-state index contributed by atoms with van der Waals surface area (Å²) >= 11 is 5.68. The third-order valence-electron chi connectivity index (χ3n) is 2.07. The van der Waals surface area contributed by atoms with Gasteiger partial charge in [-0.2, -0.15) is 0 Å². The second-order valence-corrected chi connectivity index (χ2v) is 6.44. The van der Waals surface area contributed by atoms with Crippen molar-refractivity contribution in [1.82, 2.24) is 0 Å². The highest BCUT2D eigenvalue weighted by Crippen LogP contribution is 2.17. The molecular weight excluding hydrogens is 248 g/mol. The average Bonchev–Trinajstić information content (AvgIpc) is 2.17. The molecule has 0 bridgehead atoms. The van der Waals surface area contributed by atoms with E-state index in [2.05, 4.69) is 0 Å². The fraction of sp³-hybridized carbons (Fsp3) is 0.273. The predicted molar refractivity (Wildman–Crippen MR) is 66.1 cm³/mol. The lowest BCUT2D eigenvalue weighted by Crippen LogP contribution is -2.10. The summed E-state index contributed by atoms with van der Waals surface area (Å²) in [6, 6.07) is 6.29. The Labute approximate surface area is 100 Å². The summed E-state index contributed by atoms with van der Waals surface area (Å²) in [5, 5.41) is 10.5. The average molecular weight is 261 g/mol. The summed E-state index contributed by atoms with van der Waals surface area (Å²) in [6.07, 6.45) is 0. The smallest absolute Gasteiger partial charge is 0.177 e. The van der Waals surface area contributed by atoms with Gasteiger partial charge >= 0.3 is 0 Å². The Morgan fingerprint density at radius 1 is 1.31 bits per heavy atom. The molecule has 3 nitrogen and oxygen atoms in total. The van der Waals surface area contributed by atoms with Gasteiger partial charge in [-0.25, -0.2) is 8.42 Å². The van der Waals surface area contributed by atoms with Gasteiger partial charge in [-0.15, -0.1) is 0 Å². The van der Waals surface area contributed by atoms with Crippen molar-refractivity contribution in [3.63, 3.8) is 0 Å². The number of halogens is 1. The molecule has 88 valence electrons. The summed E-state index contributed by atoms with van der Waals surface area (Å²) in [7, 11) is -3.40. The molecule has 1 N–H and O–H groups in total. The molecule has 0 aromatic heterocycles. The van der Waals surface area contributed by atoms with Crippen LogP contribution in [0, 0.1) is 0 Å². The van der Waals surface area contributed by atoms with Crippen LogP contribution in [0.3, 0.4) is 0 Å². The zero-order valence-electron chi connectivity index (χ0n) is 9.01. The van der Waals surface area contributed by atoms with E-state index in [0.717, 1.165) is 5.41 Å². The first-order chi connectivity index (χ1) is 7.33. The molecule has 0 spiro atoms. The molecule has 0 atom stereocenters. The lowest BCUT2D eigenvalue weighted by atomic mass is 10.2. The Morgan fingerprint density at radius 2 is 1.81 bits per heavy atom. The number of aliphatic hydroxyl groups is 1. The summed E-state index contributed by atoms with van der Waals surface area (Å²) in [5.74, 6) is -0.273. The molecule has 0 heterocycles. The second-order valence-electron chi connectivity index (χ2n) is 3.65. The van der Waals surface area contributed by atoms with E-state index in [-0.39, 0.29) is 5.76 Å². The van der Waals surface area contributed by atoms with E-state index in [1.54, 1.807) is 38.1 Å². The Bertz CT molecular complexity index is 486. The van der Waals surface area contributed by atoms with Crippen LogP contribution in [0.1, 0.15) is 19.4 Å².